The average molecular weight is 343 g/mol. The van der Waals surface area contributed by atoms with Crippen molar-refractivity contribution in [2.24, 2.45) is 5.92 Å². The lowest BCUT2D eigenvalue weighted by Gasteiger charge is -2.04. The highest BCUT2D eigenvalue weighted by Crippen LogP contribution is 2.33. The first-order chi connectivity index (χ1) is 11.4. The van der Waals surface area contributed by atoms with E-state index in [9.17, 15) is 9.18 Å². The van der Waals surface area contributed by atoms with Gasteiger partial charge in [-0.15, -0.1) is 11.3 Å². The number of amides is 1. The van der Waals surface area contributed by atoms with E-state index >= 15 is 0 Å². The first-order valence-electron chi connectivity index (χ1n) is 7.69. The van der Waals surface area contributed by atoms with Gasteiger partial charge in [-0.1, -0.05) is 13.8 Å². The molecule has 0 saturated heterocycles. The molecule has 0 aliphatic carbocycles. The van der Waals surface area contributed by atoms with Gasteiger partial charge >= 0.3 is 0 Å². The van der Waals surface area contributed by atoms with Gasteiger partial charge in [0.25, 0.3) is 5.91 Å². The maximum atomic E-state index is 12.9. The number of benzene rings is 1. The molecule has 6 heteroatoms. The second-order valence-electron chi connectivity index (χ2n) is 6.06. The minimum Gasteiger partial charge on any atom is -0.397 e. The van der Waals surface area contributed by atoms with Crippen molar-refractivity contribution in [1.82, 2.24) is 4.98 Å². The number of hydrogen-bond acceptors (Lipinski definition) is 4. The number of nitrogens with one attached hydrogen (secondary N) is 1. The molecule has 1 amide bonds. The van der Waals surface area contributed by atoms with Crippen LogP contribution >= 0.6 is 11.3 Å². The molecule has 0 aliphatic rings. The summed E-state index contributed by atoms with van der Waals surface area (Å²) in [5, 5.41) is 3.52. The lowest BCUT2D eigenvalue weighted by atomic mass is 10.1. The number of carbonyl (C=O) groups excluding carboxylic acids is 1. The number of nitrogens with two attached hydrogens (primary N) is 1. The fourth-order valence-electron chi connectivity index (χ4n) is 2.46. The van der Waals surface area contributed by atoms with Crippen LogP contribution < -0.4 is 11.1 Å². The topological polar surface area (TPSA) is 68.0 Å². The Morgan fingerprint density at radius 3 is 2.62 bits per heavy atom. The molecular weight excluding hydrogens is 325 g/mol. The molecule has 3 N–H and O–H groups in total. The number of pyridine rings is 1. The molecule has 4 nitrogen and oxygen atoms in total. The fraction of sp³-hybridized carbons (Fsp3) is 0.222. The molecular formula is C18H18FN3OS. The Kier molecular flexibility index (Phi) is 4.49. The zero-order valence-electron chi connectivity index (χ0n) is 13.5. The van der Waals surface area contributed by atoms with Crippen molar-refractivity contribution in [3.63, 3.8) is 0 Å². The maximum Gasteiger partial charge on any atom is 0.267 e. The Bertz CT molecular complexity index is 887. The number of rotatable bonds is 4. The molecule has 1 aromatic carbocycles. The minimum absolute atomic E-state index is 0.312. The quantitative estimate of drug-likeness (QED) is 0.734. The summed E-state index contributed by atoms with van der Waals surface area (Å²) in [4.78, 5) is 18.2. The van der Waals surface area contributed by atoms with Gasteiger partial charge in [-0.05, 0) is 48.7 Å². The van der Waals surface area contributed by atoms with Crippen molar-refractivity contribution in [3.05, 3.63) is 52.8 Å². The van der Waals surface area contributed by atoms with Gasteiger partial charge in [0.05, 0.1) is 5.69 Å². The molecule has 0 atom stereocenters. The standard InChI is InChI=1S/C18H18FN3OS/c1-10(2)9-13-7-8-14-15(20)16(24-18(14)22-13)17(23)21-12-5-3-11(19)4-6-12/h3-8,10H,9,20H2,1-2H3,(H,21,23). The van der Waals surface area contributed by atoms with E-state index in [0.717, 1.165) is 22.3 Å². The molecule has 0 aliphatic heterocycles. The van der Waals surface area contributed by atoms with E-state index < -0.39 is 0 Å². The number of halogens is 1. The van der Waals surface area contributed by atoms with E-state index in [4.69, 9.17) is 5.73 Å². The monoisotopic (exact) mass is 343 g/mol. The van der Waals surface area contributed by atoms with Gasteiger partial charge in [0, 0.05) is 16.8 Å². The molecule has 0 spiro atoms. The third kappa shape index (κ3) is 3.38. The smallest absolute Gasteiger partial charge is 0.267 e. The first-order valence-corrected chi connectivity index (χ1v) is 8.50. The van der Waals surface area contributed by atoms with E-state index in [-0.39, 0.29) is 11.7 Å². The number of anilines is 2. The Labute approximate surface area is 143 Å². The van der Waals surface area contributed by atoms with Crippen LogP contribution in [0.25, 0.3) is 10.2 Å². The molecule has 3 rings (SSSR count). The summed E-state index contributed by atoms with van der Waals surface area (Å²) in [7, 11) is 0. The molecule has 0 bridgehead atoms. The van der Waals surface area contributed by atoms with E-state index in [1.165, 1.54) is 35.6 Å². The second kappa shape index (κ2) is 6.57. The van der Waals surface area contributed by atoms with Crippen molar-refractivity contribution < 1.29 is 9.18 Å². The summed E-state index contributed by atoms with van der Waals surface area (Å²) < 4.78 is 12.9. The highest BCUT2D eigenvalue weighted by molar-refractivity contribution is 7.21. The third-order valence-corrected chi connectivity index (χ3v) is 4.69. The molecule has 0 fully saturated rings. The van der Waals surface area contributed by atoms with Crippen molar-refractivity contribution in [3.8, 4) is 0 Å². The van der Waals surface area contributed by atoms with Crippen molar-refractivity contribution in [1.29, 1.82) is 0 Å². The van der Waals surface area contributed by atoms with Gasteiger partial charge in [-0.3, -0.25) is 4.79 Å². The molecule has 3 aromatic rings. The summed E-state index contributed by atoms with van der Waals surface area (Å²) in [6.45, 7) is 4.27. The number of thiophene rings is 1. The van der Waals surface area contributed by atoms with Gasteiger partial charge in [0.1, 0.15) is 15.5 Å². The predicted octanol–water partition coefficient (Wildman–Crippen LogP) is 4.47. The van der Waals surface area contributed by atoms with E-state index in [1.54, 1.807) is 0 Å². The molecule has 0 unspecified atom stereocenters. The van der Waals surface area contributed by atoms with E-state index in [2.05, 4.69) is 24.1 Å². The highest BCUT2D eigenvalue weighted by Gasteiger charge is 2.18. The summed E-state index contributed by atoms with van der Waals surface area (Å²) in [6.07, 6.45) is 0.880. The largest absolute Gasteiger partial charge is 0.397 e. The first kappa shape index (κ1) is 16.4. The normalized spacial score (nSPS) is 11.2. The number of hydrogen-bond donors (Lipinski definition) is 2. The fourth-order valence-corrected chi connectivity index (χ4v) is 3.47. The molecule has 0 saturated carbocycles. The number of nitrogen functional groups attached to an aromatic ring is 1. The van der Waals surface area contributed by atoms with Crippen LogP contribution in [-0.2, 0) is 6.42 Å². The van der Waals surface area contributed by atoms with Crippen LogP contribution in [-0.4, -0.2) is 10.9 Å². The Morgan fingerprint density at radius 1 is 1.25 bits per heavy atom. The van der Waals surface area contributed by atoms with Crippen LogP contribution in [0.1, 0.15) is 29.2 Å². The van der Waals surface area contributed by atoms with E-state index in [1.807, 2.05) is 12.1 Å². The zero-order valence-corrected chi connectivity index (χ0v) is 14.3. The van der Waals surface area contributed by atoms with Crippen molar-refractivity contribution >= 4 is 38.8 Å². The summed E-state index contributed by atoms with van der Waals surface area (Å²) in [5.41, 5.74) is 8.06. The molecule has 2 aromatic heterocycles. The summed E-state index contributed by atoms with van der Waals surface area (Å²) in [5.74, 6) is -0.155. The van der Waals surface area contributed by atoms with Crippen LogP contribution in [0.5, 0.6) is 0 Å². The molecule has 124 valence electrons. The van der Waals surface area contributed by atoms with Gasteiger partial charge in [-0.2, -0.15) is 0 Å². The number of aromatic nitrogens is 1. The lowest BCUT2D eigenvalue weighted by molar-refractivity contribution is 0.103. The van der Waals surface area contributed by atoms with Gasteiger partial charge in [0.15, 0.2) is 0 Å². The zero-order chi connectivity index (χ0) is 17.3. The van der Waals surface area contributed by atoms with Crippen LogP contribution in [0.15, 0.2) is 36.4 Å². The van der Waals surface area contributed by atoms with Gasteiger partial charge in [0.2, 0.25) is 0 Å². The number of fused-ring (bicyclic) bond motifs is 1. The second-order valence-corrected chi connectivity index (χ2v) is 7.06. The van der Waals surface area contributed by atoms with Crippen molar-refractivity contribution in [2.45, 2.75) is 20.3 Å². The Morgan fingerprint density at radius 2 is 1.96 bits per heavy atom. The van der Waals surface area contributed by atoms with Crippen LogP contribution in [0.2, 0.25) is 0 Å². The summed E-state index contributed by atoms with van der Waals surface area (Å²) in [6, 6.07) is 9.48. The van der Waals surface area contributed by atoms with Crippen LogP contribution in [0, 0.1) is 11.7 Å². The average Bonchev–Trinajstić information content (AvgIpc) is 2.85. The third-order valence-electron chi connectivity index (χ3n) is 3.58. The lowest BCUT2D eigenvalue weighted by Crippen LogP contribution is -2.11. The SMILES string of the molecule is CC(C)Cc1ccc2c(N)c(C(=O)Nc3ccc(F)cc3)sc2n1. The van der Waals surface area contributed by atoms with Gasteiger partial charge in [-0.25, -0.2) is 9.37 Å². The van der Waals surface area contributed by atoms with Crippen molar-refractivity contribution in [2.75, 3.05) is 11.1 Å². The minimum atomic E-state index is -0.351. The Hall–Kier alpha value is -2.47. The maximum absolute atomic E-state index is 12.9. The Balaban J connectivity index is 1.89. The van der Waals surface area contributed by atoms with Crippen LogP contribution in [0.4, 0.5) is 15.8 Å². The number of carbonyl (C=O) groups is 1. The van der Waals surface area contributed by atoms with Gasteiger partial charge < -0.3 is 11.1 Å². The highest BCUT2D eigenvalue weighted by atomic mass is 32.1. The number of nitrogens with zero attached hydrogens (tertiary/aromatic N) is 1. The summed E-state index contributed by atoms with van der Waals surface area (Å²) >= 11 is 1.27. The molecule has 24 heavy (non-hydrogen) atoms. The van der Waals surface area contributed by atoms with E-state index in [0.29, 0.717) is 22.2 Å². The molecule has 0 radical (unpaired) electrons. The molecule has 2 heterocycles. The predicted molar refractivity (Wildman–Crippen MR) is 96.9 cm³/mol. The van der Waals surface area contributed by atoms with Crippen LogP contribution in [0.3, 0.4) is 0 Å².